The minimum atomic E-state index is -0.342. The number of nitrogens with zero attached hydrogens (tertiary/aromatic N) is 1. The number of likely N-dealkylation sites (tertiary alicyclic amines) is 1. The molecule has 0 aliphatic carbocycles. The van der Waals surface area contributed by atoms with Crippen molar-refractivity contribution >= 4 is 12.1 Å². The molecule has 0 aromatic rings. The van der Waals surface area contributed by atoms with E-state index in [9.17, 15) is 9.59 Å². The zero-order chi connectivity index (χ0) is 11.3. The highest BCUT2D eigenvalue weighted by molar-refractivity contribution is 5.74. The number of carbonyl (C=O) groups excluding carboxylic acids is 2. The van der Waals surface area contributed by atoms with E-state index in [1.807, 2.05) is 0 Å². The van der Waals surface area contributed by atoms with Crippen LogP contribution >= 0.6 is 0 Å². The van der Waals surface area contributed by atoms with Gasteiger partial charge in [0, 0.05) is 13.1 Å². The number of esters is 1. The first-order valence-electron chi connectivity index (χ1n) is 5.18. The molecule has 1 amide bonds. The first-order valence-corrected chi connectivity index (χ1v) is 5.18. The van der Waals surface area contributed by atoms with Gasteiger partial charge in [-0.05, 0) is 19.8 Å². The first kappa shape index (κ1) is 11.8. The maximum Gasteiger partial charge on any atom is 0.409 e. The second-order valence-electron chi connectivity index (χ2n) is 3.51. The molecule has 0 aromatic heterocycles. The summed E-state index contributed by atoms with van der Waals surface area (Å²) in [5.41, 5.74) is 0. The molecule has 1 fully saturated rings. The highest BCUT2D eigenvalue weighted by Gasteiger charge is 2.29. The molecule has 1 atom stereocenters. The molecular weight excluding hydrogens is 198 g/mol. The number of rotatable bonds is 2. The molecule has 0 N–H and O–H groups in total. The van der Waals surface area contributed by atoms with Crippen molar-refractivity contribution in [2.75, 3.05) is 26.8 Å². The van der Waals surface area contributed by atoms with E-state index in [4.69, 9.17) is 4.74 Å². The molecule has 0 spiro atoms. The summed E-state index contributed by atoms with van der Waals surface area (Å²) in [7, 11) is 1.37. The number of piperidine rings is 1. The van der Waals surface area contributed by atoms with E-state index >= 15 is 0 Å². The van der Waals surface area contributed by atoms with Crippen LogP contribution in [0, 0.1) is 5.92 Å². The quantitative estimate of drug-likeness (QED) is 0.645. The predicted octanol–water partition coefficient (Wildman–Crippen LogP) is 1.03. The molecule has 0 aromatic carbocycles. The normalized spacial score (nSPS) is 20.9. The Morgan fingerprint density at radius 2 is 2.20 bits per heavy atom. The lowest BCUT2D eigenvalue weighted by Crippen LogP contribution is -2.42. The van der Waals surface area contributed by atoms with Gasteiger partial charge in [0.25, 0.3) is 0 Å². The summed E-state index contributed by atoms with van der Waals surface area (Å²) in [6.45, 7) is 3.19. The summed E-state index contributed by atoms with van der Waals surface area (Å²) in [4.78, 5) is 24.3. The van der Waals surface area contributed by atoms with Crippen molar-refractivity contribution in [3.63, 3.8) is 0 Å². The Kier molecular flexibility index (Phi) is 4.39. The van der Waals surface area contributed by atoms with Gasteiger partial charge in [-0.15, -0.1) is 0 Å². The van der Waals surface area contributed by atoms with Crippen LogP contribution in [0.15, 0.2) is 0 Å². The number of amides is 1. The first-order chi connectivity index (χ1) is 7.19. The van der Waals surface area contributed by atoms with Crippen LogP contribution in [-0.4, -0.2) is 43.8 Å². The van der Waals surface area contributed by atoms with Crippen LogP contribution in [-0.2, 0) is 14.3 Å². The Morgan fingerprint density at radius 3 is 2.80 bits per heavy atom. The van der Waals surface area contributed by atoms with Crippen molar-refractivity contribution in [1.82, 2.24) is 4.90 Å². The smallest absolute Gasteiger partial charge is 0.409 e. The lowest BCUT2D eigenvalue weighted by Gasteiger charge is -2.30. The predicted molar refractivity (Wildman–Crippen MR) is 53.3 cm³/mol. The standard InChI is InChI=1S/C10H17NO4/c1-3-15-10(13)11-6-4-5-8(7-11)9(12)14-2/h8H,3-7H2,1-2H3/t8-/m0/s1. The molecule has 1 aliphatic heterocycles. The van der Waals surface area contributed by atoms with Crippen LogP contribution in [0.4, 0.5) is 4.79 Å². The zero-order valence-electron chi connectivity index (χ0n) is 9.19. The summed E-state index contributed by atoms with van der Waals surface area (Å²) >= 11 is 0. The summed E-state index contributed by atoms with van der Waals surface area (Å²) < 4.78 is 9.54. The molecule has 1 saturated heterocycles. The van der Waals surface area contributed by atoms with Crippen molar-refractivity contribution in [2.24, 2.45) is 5.92 Å². The molecule has 0 saturated carbocycles. The van der Waals surface area contributed by atoms with Gasteiger partial charge in [-0.1, -0.05) is 0 Å². The van der Waals surface area contributed by atoms with Gasteiger partial charge < -0.3 is 14.4 Å². The Labute approximate surface area is 89.3 Å². The highest BCUT2D eigenvalue weighted by Crippen LogP contribution is 2.18. The van der Waals surface area contributed by atoms with E-state index in [2.05, 4.69) is 4.74 Å². The van der Waals surface area contributed by atoms with E-state index in [1.165, 1.54) is 7.11 Å². The Bertz CT molecular complexity index is 242. The number of hydrogen-bond donors (Lipinski definition) is 0. The van der Waals surface area contributed by atoms with E-state index in [-0.39, 0.29) is 18.0 Å². The third-order valence-electron chi connectivity index (χ3n) is 2.48. The topological polar surface area (TPSA) is 55.8 Å². The largest absolute Gasteiger partial charge is 0.469 e. The average molecular weight is 215 g/mol. The van der Waals surface area contributed by atoms with Crippen molar-refractivity contribution < 1.29 is 19.1 Å². The van der Waals surface area contributed by atoms with Crippen molar-refractivity contribution in [1.29, 1.82) is 0 Å². The van der Waals surface area contributed by atoms with E-state index in [0.29, 0.717) is 19.7 Å². The van der Waals surface area contributed by atoms with Gasteiger partial charge in [0.2, 0.25) is 0 Å². The summed E-state index contributed by atoms with van der Waals surface area (Å²) in [5.74, 6) is -0.447. The molecule has 15 heavy (non-hydrogen) atoms. The van der Waals surface area contributed by atoms with Crippen LogP contribution in [0.2, 0.25) is 0 Å². The fourth-order valence-corrected chi connectivity index (χ4v) is 1.72. The summed E-state index contributed by atoms with van der Waals surface area (Å²) in [5, 5.41) is 0. The molecule has 5 heteroatoms. The van der Waals surface area contributed by atoms with Gasteiger partial charge >= 0.3 is 12.1 Å². The molecule has 1 aliphatic rings. The second kappa shape index (κ2) is 5.58. The lowest BCUT2D eigenvalue weighted by molar-refractivity contribution is -0.147. The van der Waals surface area contributed by atoms with Gasteiger partial charge in [0.15, 0.2) is 0 Å². The molecule has 1 rings (SSSR count). The Balaban J connectivity index is 2.48. The van der Waals surface area contributed by atoms with Gasteiger partial charge in [-0.2, -0.15) is 0 Å². The van der Waals surface area contributed by atoms with Gasteiger partial charge in [-0.3, -0.25) is 4.79 Å². The molecule has 5 nitrogen and oxygen atoms in total. The SMILES string of the molecule is CCOC(=O)N1CCC[C@H](C(=O)OC)C1. The maximum atomic E-state index is 11.4. The third kappa shape index (κ3) is 3.11. The molecule has 1 heterocycles. The number of hydrogen-bond acceptors (Lipinski definition) is 4. The molecule has 0 bridgehead atoms. The minimum Gasteiger partial charge on any atom is -0.469 e. The molecule has 0 unspecified atom stereocenters. The van der Waals surface area contributed by atoms with Crippen LogP contribution in [0.5, 0.6) is 0 Å². The Hall–Kier alpha value is -1.26. The van der Waals surface area contributed by atoms with Crippen molar-refractivity contribution in [3.05, 3.63) is 0 Å². The fourth-order valence-electron chi connectivity index (χ4n) is 1.72. The highest BCUT2D eigenvalue weighted by atomic mass is 16.6. The van der Waals surface area contributed by atoms with Crippen LogP contribution in [0.1, 0.15) is 19.8 Å². The van der Waals surface area contributed by atoms with Crippen LogP contribution in [0.3, 0.4) is 0 Å². The number of ether oxygens (including phenoxy) is 2. The minimum absolute atomic E-state index is 0.201. The molecule has 86 valence electrons. The van der Waals surface area contributed by atoms with E-state index < -0.39 is 0 Å². The summed E-state index contributed by atoms with van der Waals surface area (Å²) in [6.07, 6.45) is 1.26. The monoisotopic (exact) mass is 215 g/mol. The molecular formula is C10H17NO4. The van der Waals surface area contributed by atoms with Gasteiger partial charge in [-0.25, -0.2) is 4.79 Å². The zero-order valence-corrected chi connectivity index (χ0v) is 9.19. The average Bonchev–Trinajstić information content (AvgIpc) is 2.28. The van der Waals surface area contributed by atoms with Crippen LogP contribution in [0.25, 0.3) is 0 Å². The molecule has 0 radical (unpaired) electrons. The fraction of sp³-hybridized carbons (Fsp3) is 0.800. The third-order valence-corrected chi connectivity index (χ3v) is 2.48. The van der Waals surface area contributed by atoms with E-state index in [0.717, 1.165) is 12.8 Å². The lowest BCUT2D eigenvalue weighted by atomic mass is 9.99. The maximum absolute atomic E-state index is 11.4. The second-order valence-corrected chi connectivity index (χ2v) is 3.51. The summed E-state index contributed by atoms with van der Waals surface area (Å²) in [6, 6.07) is 0. The van der Waals surface area contributed by atoms with E-state index in [1.54, 1.807) is 11.8 Å². The van der Waals surface area contributed by atoms with Crippen molar-refractivity contribution in [2.45, 2.75) is 19.8 Å². The number of carbonyl (C=O) groups is 2. The Morgan fingerprint density at radius 1 is 1.47 bits per heavy atom. The number of methoxy groups -OCH3 is 1. The van der Waals surface area contributed by atoms with Gasteiger partial charge in [0.1, 0.15) is 0 Å². The van der Waals surface area contributed by atoms with Crippen LogP contribution < -0.4 is 0 Å². The van der Waals surface area contributed by atoms with Gasteiger partial charge in [0.05, 0.1) is 19.6 Å². The van der Waals surface area contributed by atoms with Crippen molar-refractivity contribution in [3.8, 4) is 0 Å².